The molecule has 0 spiro atoms. The van der Waals surface area contributed by atoms with Gasteiger partial charge in [-0.05, 0) is 19.4 Å². The van der Waals surface area contributed by atoms with Crippen molar-refractivity contribution in [1.29, 1.82) is 0 Å². The Kier molecular flexibility index (Phi) is 2.35. The van der Waals surface area contributed by atoms with E-state index in [0.29, 0.717) is 6.54 Å². The van der Waals surface area contributed by atoms with Gasteiger partial charge in [-0.2, -0.15) is 0 Å². The summed E-state index contributed by atoms with van der Waals surface area (Å²) in [5, 5.41) is 19.1. The van der Waals surface area contributed by atoms with E-state index in [1.54, 1.807) is 0 Å². The molecule has 3 atom stereocenters. The van der Waals surface area contributed by atoms with Crippen LogP contribution in [-0.4, -0.2) is 46.5 Å². The van der Waals surface area contributed by atoms with Crippen LogP contribution in [0.5, 0.6) is 0 Å². The lowest BCUT2D eigenvalue weighted by Gasteiger charge is -2.22. The van der Waals surface area contributed by atoms with Gasteiger partial charge in [-0.3, -0.25) is 4.90 Å². The zero-order chi connectivity index (χ0) is 8.55. The molecule has 2 aliphatic rings. The molecule has 0 radical (unpaired) electrons. The molecule has 0 aromatic carbocycles. The molecule has 0 aliphatic carbocycles. The Morgan fingerprint density at radius 1 is 1.08 bits per heavy atom. The van der Waals surface area contributed by atoms with E-state index in [-0.39, 0.29) is 6.04 Å². The third kappa shape index (κ3) is 1.37. The maximum absolute atomic E-state index is 9.63. The highest BCUT2D eigenvalue weighted by Gasteiger charge is 2.39. The molecular weight excluding hydrogens is 154 g/mol. The SMILES string of the molecule is O[C@H]1[C@H](O)CN2CCCCC[C@H]12. The van der Waals surface area contributed by atoms with Crippen LogP contribution < -0.4 is 0 Å². The minimum Gasteiger partial charge on any atom is -0.389 e. The molecule has 3 heteroatoms. The molecule has 2 aliphatic heterocycles. The van der Waals surface area contributed by atoms with Crippen LogP contribution in [0.25, 0.3) is 0 Å². The summed E-state index contributed by atoms with van der Waals surface area (Å²) in [4.78, 5) is 2.24. The Bertz CT molecular complexity index is 163. The quantitative estimate of drug-likeness (QED) is 0.538. The predicted octanol–water partition coefficient (Wildman–Crippen LogP) is -0.0336. The molecule has 12 heavy (non-hydrogen) atoms. The normalized spacial score (nSPS) is 44.0. The van der Waals surface area contributed by atoms with Crippen LogP contribution in [0.2, 0.25) is 0 Å². The van der Waals surface area contributed by atoms with Gasteiger partial charge in [0.1, 0.15) is 0 Å². The highest BCUT2D eigenvalue weighted by atomic mass is 16.3. The van der Waals surface area contributed by atoms with Gasteiger partial charge in [-0.1, -0.05) is 12.8 Å². The first-order valence-electron chi connectivity index (χ1n) is 4.89. The van der Waals surface area contributed by atoms with Gasteiger partial charge in [-0.15, -0.1) is 0 Å². The van der Waals surface area contributed by atoms with Crippen molar-refractivity contribution >= 4 is 0 Å². The lowest BCUT2D eigenvalue weighted by Crippen LogP contribution is -2.35. The third-order valence-electron chi connectivity index (χ3n) is 3.12. The van der Waals surface area contributed by atoms with Gasteiger partial charge in [0.15, 0.2) is 0 Å². The molecule has 2 heterocycles. The first kappa shape index (κ1) is 8.48. The summed E-state index contributed by atoms with van der Waals surface area (Å²) < 4.78 is 0. The van der Waals surface area contributed by atoms with E-state index in [1.807, 2.05) is 0 Å². The minimum atomic E-state index is -0.506. The fourth-order valence-corrected chi connectivity index (χ4v) is 2.41. The largest absolute Gasteiger partial charge is 0.389 e. The van der Waals surface area contributed by atoms with Crippen LogP contribution in [0.4, 0.5) is 0 Å². The van der Waals surface area contributed by atoms with E-state index in [0.717, 1.165) is 13.0 Å². The van der Waals surface area contributed by atoms with Gasteiger partial charge in [-0.25, -0.2) is 0 Å². The van der Waals surface area contributed by atoms with Crippen molar-refractivity contribution < 1.29 is 10.2 Å². The molecule has 0 aromatic rings. The lowest BCUT2D eigenvalue weighted by molar-refractivity contribution is 0.0364. The van der Waals surface area contributed by atoms with E-state index >= 15 is 0 Å². The van der Waals surface area contributed by atoms with Gasteiger partial charge in [0.05, 0.1) is 12.2 Å². The summed E-state index contributed by atoms with van der Waals surface area (Å²) >= 11 is 0. The zero-order valence-corrected chi connectivity index (χ0v) is 7.32. The molecule has 2 N–H and O–H groups in total. The standard InChI is InChI=1S/C9H17NO2/c11-8-6-10-5-3-1-2-4-7(10)9(8)12/h7-9,11-12H,1-6H2/t7-,8-,9-/m1/s1. The van der Waals surface area contributed by atoms with E-state index in [4.69, 9.17) is 0 Å². The average molecular weight is 171 g/mol. The molecular formula is C9H17NO2. The first-order valence-corrected chi connectivity index (χ1v) is 4.89. The van der Waals surface area contributed by atoms with Gasteiger partial charge in [0, 0.05) is 12.6 Å². The molecule has 2 rings (SSSR count). The molecule has 2 saturated heterocycles. The van der Waals surface area contributed by atoms with Crippen LogP contribution in [0.3, 0.4) is 0 Å². The Morgan fingerprint density at radius 3 is 2.75 bits per heavy atom. The summed E-state index contributed by atoms with van der Waals surface area (Å²) in [6.07, 6.45) is 3.74. The van der Waals surface area contributed by atoms with Gasteiger partial charge >= 0.3 is 0 Å². The summed E-state index contributed by atoms with van der Waals surface area (Å²) in [7, 11) is 0. The zero-order valence-electron chi connectivity index (χ0n) is 7.32. The monoisotopic (exact) mass is 171 g/mol. The topological polar surface area (TPSA) is 43.7 Å². The third-order valence-corrected chi connectivity index (χ3v) is 3.12. The van der Waals surface area contributed by atoms with Crippen molar-refractivity contribution in [1.82, 2.24) is 4.90 Å². The van der Waals surface area contributed by atoms with Crippen LogP contribution in [-0.2, 0) is 0 Å². The van der Waals surface area contributed by atoms with Crippen molar-refractivity contribution in [2.75, 3.05) is 13.1 Å². The number of rotatable bonds is 0. The second kappa shape index (κ2) is 3.32. The van der Waals surface area contributed by atoms with Crippen molar-refractivity contribution in [3.63, 3.8) is 0 Å². The number of hydrogen-bond acceptors (Lipinski definition) is 3. The summed E-state index contributed by atoms with van der Waals surface area (Å²) in [6, 6.07) is 0.238. The maximum atomic E-state index is 9.63. The number of aliphatic hydroxyl groups is 2. The number of nitrogens with zero attached hydrogens (tertiary/aromatic N) is 1. The smallest absolute Gasteiger partial charge is 0.0966 e. The fraction of sp³-hybridized carbons (Fsp3) is 1.00. The second-order valence-electron chi connectivity index (χ2n) is 3.97. The van der Waals surface area contributed by atoms with Crippen molar-refractivity contribution in [2.45, 2.75) is 43.9 Å². The highest BCUT2D eigenvalue weighted by molar-refractivity contribution is 4.94. The van der Waals surface area contributed by atoms with E-state index in [2.05, 4.69) is 4.90 Å². The van der Waals surface area contributed by atoms with Crippen molar-refractivity contribution in [2.24, 2.45) is 0 Å². The number of fused-ring (bicyclic) bond motifs is 1. The van der Waals surface area contributed by atoms with Gasteiger partial charge < -0.3 is 10.2 Å². The Morgan fingerprint density at radius 2 is 1.92 bits per heavy atom. The highest BCUT2D eigenvalue weighted by Crippen LogP contribution is 2.26. The van der Waals surface area contributed by atoms with Crippen molar-refractivity contribution in [3.05, 3.63) is 0 Å². The van der Waals surface area contributed by atoms with Crippen LogP contribution >= 0.6 is 0 Å². The molecule has 0 aromatic heterocycles. The Hall–Kier alpha value is -0.120. The molecule has 0 unspecified atom stereocenters. The maximum Gasteiger partial charge on any atom is 0.0966 e. The Balaban J connectivity index is 2.04. The summed E-state index contributed by atoms with van der Waals surface area (Å²) in [6.45, 7) is 1.73. The van der Waals surface area contributed by atoms with Crippen LogP contribution in [0.1, 0.15) is 25.7 Å². The van der Waals surface area contributed by atoms with E-state index in [1.165, 1.54) is 19.3 Å². The predicted molar refractivity (Wildman–Crippen MR) is 45.8 cm³/mol. The van der Waals surface area contributed by atoms with Gasteiger partial charge in [0.2, 0.25) is 0 Å². The fourth-order valence-electron chi connectivity index (χ4n) is 2.41. The summed E-state index contributed by atoms with van der Waals surface area (Å²) in [5.74, 6) is 0. The molecule has 2 fully saturated rings. The molecule has 70 valence electrons. The average Bonchev–Trinajstić information content (AvgIpc) is 2.30. The van der Waals surface area contributed by atoms with Gasteiger partial charge in [0.25, 0.3) is 0 Å². The molecule has 3 nitrogen and oxygen atoms in total. The van der Waals surface area contributed by atoms with Crippen LogP contribution in [0.15, 0.2) is 0 Å². The number of aliphatic hydroxyl groups excluding tert-OH is 2. The number of hydrogen-bond donors (Lipinski definition) is 2. The molecule has 0 amide bonds. The molecule has 0 saturated carbocycles. The van der Waals surface area contributed by atoms with E-state index < -0.39 is 12.2 Å². The van der Waals surface area contributed by atoms with E-state index in [9.17, 15) is 10.2 Å². The van der Waals surface area contributed by atoms with Crippen LogP contribution in [0, 0.1) is 0 Å². The van der Waals surface area contributed by atoms with Crippen molar-refractivity contribution in [3.8, 4) is 0 Å². The molecule has 0 bridgehead atoms. The first-order chi connectivity index (χ1) is 5.79. The minimum absolute atomic E-state index is 0.238. The Labute approximate surface area is 73.0 Å². The second-order valence-corrected chi connectivity index (χ2v) is 3.97. The lowest BCUT2D eigenvalue weighted by atomic mass is 10.1. The summed E-state index contributed by atoms with van der Waals surface area (Å²) in [5.41, 5.74) is 0.